The van der Waals surface area contributed by atoms with E-state index in [4.69, 9.17) is 9.47 Å². The number of hydrogen-bond donors (Lipinski definition) is 0. The Morgan fingerprint density at radius 2 is 1.22 bits per heavy atom. The number of carbonyl (C=O) groups is 1. The van der Waals surface area contributed by atoms with Crippen molar-refractivity contribution in [1.29, 1.82) is 0 Å². The van der Waals surface area contributed by atoms with E-state index in [-0.39, 0.29) is 12.2 Å². The van der Waals surface area contributed by atoms with E-state index in [1.54, 1.807) is 0 Å². The van der Waals surface area contributed by atoms with Gasteiger partial charge in [0.2, 0.25) is 5.79 Å². The smallest absolute Gasteiger partial charge is 0.225 e. The molecule has 3 atom stereocenters. The number of carbonyl (C=O) groups excluding carboxylic acids is 1. The van der Waals surface area contributed by atoms with Crippen LogP contribution in [-0.4, -0.2) is 6.29 Å². The van der Waals surface area contributed by atoms with E-state index < -0.39 is 13.7 Å². The summed E-state index contributed by atoms with van der Waals surface area (Å²) >= 11 is 0. The molecular weight excluding hydrogens is 463 g/mol. The molecule has 0 aliphatic carbocycles. The molecule has 0 radical (unpaired) electrons. The Balaban J connectivity index is 1.67. The topological polar surface area (TPSA) is 35.5 Å². The standard InChI is InChI=1S/C32H29O3P/c1-3-27-25-18-11-13-22(21-33)30(25)32(34-27)31-26(28(4-2)35-32)19-12-20-29(31)36(23-14-7-5-8-15-23)24-16-9-6-10-17-24/h5-21,27-28H,3-4H2,1-2H3/t27-,28-,32+/m0/s1. The number of rotatable bonds is 6. The second kappa shape index (κ2) is 9.41. The van der Waals surface area contributed by atoms with E-state index in [9.17, 15) is 4.79 Å². The molecule has 2 heterocycles. The van der Waals surface area contributed by atoms with Crippen LogP contribution in [0.2, 0.25) is 0 Å². The minimum absolute atomic E-state index is 0.105. The first-order valence-electron chi connectivity index (χ1n) is 12.7. The first-order chi connectivity index (χ1) is 17.7. The van der Waals surface area contributed by atoms with Gasteiger partial charge < -0.3 is 9.47 Å². The molecule has 0 saturated heterocycles. The van der Waals surface area contributed by atoms with Crippen LogP contribution in [0.15, 0.2) is 97.1 Å². The Labute approximate surface area is 213 Å². The van der Waals surface area contributed by atoms with Gasteiger partial charge in [0.05, 0.1) is 12.2 Å². The summed E-state index contributed by atoms with van der Waals surface area (Å²) in [5.41, 5.74) is 4.83. The molecule has 2 aliphatic heterocycles. The van der Waals surface area contributed by atoms with Gasteiger partial charge >= 0.3 is 0 Å². The van der Waals surface area contributed by atoms with Crippen LogP contribution in [0, 0.1) is 0 Å². The maximum Gasteiger partial charge on any atom is 0.225 e. The zero-order chi connectivity index (χ0) is 24.7. The summed E-state index contributed by atoms with van der Waals surface area (Å²) in [7, 11) is -0.885. The van der Waals surface area contributed by atoms with Crippen LogP contribution in [0.1, 0.15) is 71.5 Å². The number of fused-ring (bicyclic) bond motifs is 4. The Bertz CT molecular complexity index is 1360. The predicted octanol–water partition coefficient (Wildman–Crippen LogP) is 6.42. The van der Waals surface area contributed by atoms with Crippen LogP contribution in [0.4, 0.5) is 0 Å². The van der Waals surface area contributed by atoms with Crippen LogP contribution in [0.5, 0.6) is 0 Å². The van der Waals surface area contributed by atoms with Gasteiger partial charge in [0.15, 0.2) is 6.29 Å². The van der Waals surface area contributed by atoms with Gasteiger partial charge in [0.1, 0.15) is 0 Å². The number of benzene rings is 4. The van der Waals surface area contributed by atoms with Gasteiger partial charge in [-0.2, -0.15) is 0 Å². The normalized spacial score (nSPS) is 22.1. The quantitative estimate of drug-likeness (QED) is 0.230. The van der Waals surface area contributed by atoms with Crippen molar-refractivity contribution >= 4 is 30.1 Å². The van der Waals surface area contributed by atoms with Gasteiger partial charge in [-0.25, -0.2) is 0 Å². The molecule has 6 rings (SSSR count). The van der Waals surface area contributed by atoms with Crippen molar-refractivity contribution in [3.63, 3.8) is 0 Å². The summed E-state index contributed by atoms with van der Waals surface area (Å²) in [4.78, 5) is 12.3. The number of hydrogen-bond acceptors (Lipinski definition) is 3. The maximum atomic E-state index is 12.3. The van der Waals surface area contributed by atoms with Gasteiger partial charge in [-0.05, 0) is 47.8 Å². The van der Waals surface area contributed by atoms with Crippen molar-refractivity contribution in [1.82, 2.24) is 0 Å². The van der Waals surface area contributed by atoms with E-state index in [1.807, 2.05) is 12.1 Å². The van der Waals surface area contributed by atoms with Crippen LogP contribution >= 0.6 is 7.92 Å². The van der Waals surface area contributed by atoms with Gasteiger partial charge in [-0.15, -0.1) is 0 Å². The van der Waals surface area contributed by atoms with Gasteiger partial charge in [-0.1, -0.05) is 111 Å². The summed E-state index contributed by atoms with van der Waals surface area (Å²) in [6, 6.07) is 33.9. The van der Waals surface area contributed by atoms with Crippen molar-refractivity contribution in [2.24, 2.45) is 0 Å². The third-order valence-corrected chi connectivity index (χ3v) is 9.79. The highest BCUT2D eigenvalue weighted by Crippen LogP contribution is 2.59. The Morgan fingerprint density at radius 3 is 1.75 bits per heavy atom. The molecule has 0 aromatic heterocycles. The molecule has 1 spiro atoms. The zero-order valence-electron chi connectivity index (χ0n) is 20.6. The molecule has 4 heteroatoms. The van der Waals surface area contributed by atoms with E-state index in [2.05, 4.69) is 98.8 Å². The van der Waals surface area contributed by atoms with Crippen molar-refractivity contribution in [3.05, 3.63) is 125 Å². The molecule has 3 nitrogen and oxygen atoms in total. The number of aldehydes is 1. The summed E-state index contributed by atoms with van der Waals surface area (Å²) in [6.45, 7) is 4.27. The number of ether oxygens (including phenoxy) is 2. The Hall–Kier alpha value is -3.10. The molecule has 0 bridgehead atoms. The first-order valence-corrected chi connectivity index (χ1v) is 14.0. The Morgan fingerprint density at radius 1 is 0.694 bits per heavy atom. The monoisotopic (exact) mass is 492 g/mol. The summed E-state index contributed by atoms with van der Waals surface area (Å²) in [6.07, 6.45) is 2.35. The lowest BCUT2D eigenvalue weighted by Gasteiger charge is -2.31. The zero-order valence-corrected chi connectivity index (χ0v) is 21.5. The average Bonchev–Trinajstić information content (AvgIpc) is 3.45. The summed E-state index contributed by atoms with van der Waals surface area (Å²) < 4.78 is 13.8. The molecule has 4 aromatic carbocycles. The second-order valence-corrected chi connectivity index (χ2v) is 11.5. The fourth-order valence-corrected chi connectivity index (χ4v) is 8.34. The summed E-state index contributed by atoms with van der Waals surface area (Å²) in [5.74, 6) is -1.09. The van der Waals surface area contributed by atoms with Crippen molar-refractivity contribution in [2.75, 3.05) is 0 Å². The van der Waals surface area contributed by atoms with Crippen LogP contribution in [0.25, 0.3) is 0 Å². The highest BCUT2D eigenvalue weighted by atomic mass is 31.1. The maximum absolute atomic E-state index is 12.3. The minimum atomic E-state index is -1.09. The molecule has 0 amide bonds. The Kier molecular flexibility index (Phi) is 6.09. The summed E-state index contributed by atoms with van der Waals surface area (Å²) in [5, 5.41) is 3.77. The van der Waals surface area contributed by atoms with E-state index in [0.29, 0.717) is 5.56 Å². The lowest BCUT2D eigenvalue weighted by molar-refractivity contribution is -0.235. The van der Waals surface area contributed by atoms with Crippen LogP contribution < -0.4 is 15.9 Å². The molecule has 180 valence electrons. The van der Waals surface area contributed by atoms with E-state index in [1.165, 1.54) is 15.9 Å². The average molecular weight is 493 g/mol. The van der Waals surface area contributed by atoms with Crippen molar-refractivity contribution in [2.45, 2.75) is 44.7 Å². The third kappa shape index (κ3) is 3.50. The van der Waals surface area contributed by atoms with Crippen molar-refractivity contribution in [3.8, 4) is 0 Å². The largest absolute Gasteiger partial charge is 0.334 e. The van der Waals surface area contributed by atoms with Gasteiger partial charge in [0, 0.05) is 16.7 Å². The predicted molar refractivity (Wildman–Crippen MR) is 146 cm³/mol. The fourth-order valence-electron chi connectivity index (χ4n) is 5.81. The fraction of sp³-hybridized carbons (Fsp3) is 0.219. The molecule has 0 saturated carbocycles. The van der Waals surface area contributed by atoms with E-state index in [0.717, 1.165) is 41.4 Å². The molecule has 0 N–H and O–H groups in total. The lowest BCUT2D eigenvalue weighted by Crippen LogP contribution is -2.35. The lowest BCUT2D eigenvalue weighted by atomic mass is 9.89. The van der Waals surface area contributed by atoms with Gasteiger partial charge in [-0.3, -0.25) is 4.79 Å². The highest BCUT2D eigenvalue weighted by Gasteiger charge is 2.56. The molecule has 0 fully saturated rings. The second-order valence-electron chi connectivity index (χ2n) is 9.32. The van der Waals surface area contributed by atoms with E-state index >= 15 is 0 Å². The molecule has 36 heavy (non-hydrogen) atoms. The van der Waals surface area contributed by atoms with Gasteiger partial charge in [0.25, 0.3) is 0 Å². The van der Waals surface area contributed by atoms with Crippen LogP contribution in [-0.2, 0) is 15.3 Å². The minimum Gasteiger partial charge on any atom is -0.334 e. The molecule has 2 aliphatic rings. The van der Waals surface area contributed by atoms with Crippen LogP contribution in [0.3, 0.4) is 0 Å². The molecular formula is C32H29O3P. The highest BCUT2D eigenvalue weighted by molar-refractivity contribution is 7.79. The third-order valence-electron chi connectivity index (χ3n) is 7.31. The van der Waals surface area contributed by atoms with Crippen molar-refractivity contribution < 1.29 is 14.3 Å². The molecule has 4 aromatic rings. The first kappa shape index (κ1) is 23.3. The SMILES string of the molecule is CC[C@@H]1O[C@@]2(O[C@@H](CC)c3cccc(P(c4ccccc4)c4ccccc4)c32)c2c(C=O)cccc21. The molecule has 0 unspecified atom stereocenters.